The van der Waals surface area contributed by atoms with Gasteiger partial charge in [-0.1, -0.05) is 101 Å². The second-order valence-corrected chi connectivity index (χ2v) is 15.8. The van der Waals surface area contributed by atoms with Crippen LogP contribution in [-0.4, -0.2) is 0 Å². The van der Waals surface area contributed by atoms with Crippen LogP contribution >= 0.6 is 0 Å². The molecule has 0 N–H and O–H groups in total. The standard InChI is InChI=1S/C44H56/c1-25-17-27(3)37(28(4)18-25)41(39-31(7)21-35(22-32(39)8)43(11,12)13)42(38-29(5)19-26(2)20-30(38)6)40-33(9)23-36(24-34(40)10)44(14,15)16/h17-24H,1-16H3/b42-41+. The van der Waals surface area contributed by atoms with Gasteiger partial charge in [-0.3, -0.25) is 0 Å². The molecule has 0 nitrogen and oxygen atoms in total. The van der Waals surface area contributed by atoms with Crippen molar-refractivity contribution in [1.29, 1.82) is 0 Å². The second-order valence-electron chi connectivity index (χ2n) is 15.8. The molecule has 0 saturated heterocycles. The maximum Gasteiger partial charge on any atom is -0.00157 e. The molecule has 0 fully saturated rings. The summed E-state index contributed by atoms with van der Waals surface area (Å²) in [6.07, 6.45) is 0. The molecule has 0 saturated carbocycles. The van der Waals surface area contributed by atoms with E-state index in [4.69, 9.17) is 0 Å². The Morgan fingerprint density at radius 1 is 0.318 bits per heavy atom. The van der Waals surface area contributed by atoms with Crippen molar-refractivity contribution in [2.45, 2.75) is 122 Å². The normalized spacial score (nSPS) is 12.9. The third-order valence-electron chi connectivity index (χ3n) is 9.40. The Hall–Kier alpha value is -3.38. The lowest BCUT2D eigenvalue weighted by Crippen LogP contribution is -2.15. The Labute approximate surface area is 269 Å². The summed E-state index contributed by atoms with van der Waals surface area (Å²) in [6, 6.07) is 19.2. The van der Waals surface area contributed by atoms with Crippen LogP contribution in [0.1, 0.15) is 131 Å². The average Bonchev–Trinajstić information content (AvgIpc) is 2.83. The number of aryl methyl sites for hydroxylation is 10. The molecule has 4 aromatic carbocycles. The molecule has 0 aromatic heterocycles. The minimum Gasteiger partial charge on any atom is -0.0561 e. The summed E-state index contributed by atoms with van der Waals surface area (Å²) < 4.78 is 0. The van der Waals surface area contributed by atoms with Crippen molar-refractivity contribution in [2.75, 3.05) is 0 Å². The number of rotatable bonds is 4. The minimum atomic E-state index is 0.0799. The second kappa shape index (κ2) is 11.8. The number of hydrogen-bond acceptors (Lipinski definition) is 0. The SMILES string of the molecule is Cc1cc(C)c(/C(=C(/c2c(C)cc(C)cc2C)c2c(C)cc(C(C)(C)C)cc2C)c2c(C)cc(C(C)(C)C)cc2C)c(C)c1. The number of hydrogen-bond donors (Lipinski definition) is 0. The molecule has 232 valence electrons. The predicted molar refractivity (Wildman–Crippen MR) is 196 cm³/mol. The highest BCUT2D eigenvalue weighted by Gasteiger charge is 2.28. The fraction of sp³-hybridized carbons (Fsp3) is 0.409. The molecule has 0 heterocycles. The molecule has 0 unspecified atom stereocenters. The van der Waals surface area contributed by atoms with Gasteiger partial charge in [0.05, 0.1) is 0 Å². The van der Waals surface area contributed by atoms with Crippen LogP contribution in [0.4, 0.5) is 0 Å². The van der Waals surface area contributed by atoms with E-state index in [2.05, 4.69) is 159 Å². The maximum absolute atomic E-state index is 2.44. The Balaban J connectivity index is 2.39. The highest BCUT2D eigenvalue weighted by Crippen LogP contribution is 2.46. The van der Waals surface area contributed by atoms with Gasteiger partial charge in [-0.2, -0.15) is 0 Å². The van der Waals surface area contributed by atoms with Crippen LogP contribution in [-0.2, 0) is 10.8 Å². The first-order valence-corrected chi connectivity index (χ1v) is 16.4. The molecule has 0 amide bonds. The predicted octanol–water partition coefficient (Wildman–Crippen LogP) is 12.4. The Morgan fingerprint density at radius 2 is 0.500 bits per heavy atom. The third-order valence-corrected chi connectivity index (χ3v) is 9.40. The lowest BCUT2D eigenvalue weighted by Gasteiger charge is -2.30. The van der Waals surface area contributed by atoms with E-state index >= 15 is 0 Å². The zero-order valence-electron chi connectivity index (χ0n) is 30.6. The van der Waals surface area contributed by atoms with E-state index in [9.17, 15) is 0 Å². The largest absolute Gasteiger partial charge is 0.0561 e. The molecule has 4 rings (SSSR count). The topological polar surface area (TPSA) is 0 Å². The first kappa shape index (κ1) is 33.5. The zero-order valence-corrected chi connectivity index (χ0v) is 30.6. The molecule has 0 spiro atoms. The first-order valence-electron chi connectivity index (χ1n) is 16.4. The fourth-order valence-electron chi connectivity index (χ4n) is 7.48. The van der Waals surface area contributed by atoms with E-state index < -0.39 is 0 Å². The van der Waals surface area contributed by atoms with Crippen LogP contribution in [0.2, 0.25) is 0 Å². The van der Waals surface area contributed by atoms with Crippen LogP contribution < -0.4 is 0 Å². The van der Waals surface area contributed by atoms with E-state index in [1.54, 1.807) is 0 Å². The van der Waals surface area contributed by atoms with E-state index in [-0.39, 0.29) is 10.8 Å². The molecule has 0 aliphatic rings. The van der Waals surface area contributed by atoms with Gasteiger partial charge >= 0.3 is 0 Å². The van der Waals surface area contributed by atoms with E-state index in [1.807, 2.05) is 0 Å². The molecule has 4 aromatic rings. The van der Waals surface area contributed by atoms with Crippen molar-refractivity contribution >= 4 is 11.1 Å². The average molecular weight is 585 g/mol. The van der Waals surface area contributed by atoms with Crippen LogP contribution in [0.3, 0.4) is 0 Å². The Bertz CT molecular complexity index is 1560. The van der Waals surface area contributed by atoms with Crippen molar-refractivity contribution in [1.82, 2.24) is 0 Å². The van der Waals surface area contributed by atoms with Crippen LogP contribution in [0.5, 0.6) is 0 Å². The van der Waals surface area contributed by atoms with E-state index in [0.717, 1.165) is 0 Å². The van der Waals surface area contributed by atoms with Gasteiger partial charge in [-0.05, 0) is 169 Å². The molecule has 0 aliphatic carbocycles. The monoisotopic (exact) mass is 584 g/mol. The summed E-state index contributed by atoms with van der Waals surface area (Å²) in [5, 5.41) is 0. The lowest BCUT2D eigenvalue weighted by molar-refractivity contribution is 0.589. The van der Waals surface area contributed by atoms with E-state index in [1.165, 1.54) is 100 Å². The van der Waals surface area contributed by atoms with Gasteiger partial charge in [0, 0.05) is 0 Å². The van der Waals surface area contributed by atoms with Crippen molar-refractivity contribution in [3.63, 3.8) is 0 Å². The van der Waals surface area contributed by atoms with Gasteiger partial charge in [-0.15, -0.1) is 0 Å². The van der Waals surface area contributed by atoms with Crippen molar-refractivity contribution in [3.05, 3.63) is 138 Å². The van der Waals surface area contributed by atoms with Crippen LogP contribution in [0, 0.1) is 69.2 Å². The fourth-order valence-corrected chi connectivity index (χ4v) is 7.48. The first-order chi connectivity index (χ1) is 20.2. The molecule has 44 heavy (non-hydrogen) atoms. The molecular formula is C44H56. The molecular weight excluding hydrogens is 528 g/mol. The maximum atomic E-state index is 2.44. The molecule has 0 heteroatoms. The van der Waals surface area contributed by atoms with Gasteiger partial charge in [0.15, 0.2) is 0 Å². The summed E-state index contributed by atoms with van der Waals surface area (Å²) in [6.45, 7) is 36.9. The third kappa shape index (κ3) is 6.37. The lowest BCUT2D eigenvalue weighted by atomic mass is 9.74. The van der Waals surface area contributed by atoms with Gasteiger partial charge in [0.2, 0.25) is 0 Å². The van der Waals surface area contributed by atoms with Crippen LogP contribution in [0.15, 0.2) is 48.5 Å². The molecule has 0 radical (unpaired) electrons. The highest BCUT2D eigenvalue weighted by atomic mass is 14.3. The summed E-state index contributed by atoms with van der Waals surface area (Å²) in [5.41, 5.74) is 24.4. The van der Waals surface area contributed by atoms with E-state index in [0.29, 0.717) is 0 Å². The molecule has 0 atom stereocenters. The zero-order chi connectivity index (χ0) is 33.0. The minimum absolute atomic E-state index is 0.0799. The summed E-state index contributed by atoms with van der Waals surface area (Å²) in [5.74, 6) is 0. The summed E-state index contributed by atoms with van der Waals surface area (Å²) >= 11 is 0. The van der Waals surface area contributed by atoms with Crippen molar-refractivity contribution in [3.8, 4) is 0 Å². The van der Waals surface area contributed by atoms with Crippen LogP contribution in [0.25, 0.3) is 11.1 Å². The van der Waals surface area contributed by atoms with Gasteiger partial charge in [-0.25, -0.2) is 0 Å². The Morgan fingerprint density at radius 3 is 0.682 bits per heavy atom. The highest BCUT2D eigenvalue weighted by molar-refractivity contribution is 6.08. The van der Waals surface area contributed by atoms with Crippen molar-refractivity contribution < 1.29 is 0 Å². The van der Waals surface area contributed by atoms with Crippen molar-refractivity contribution in [2.24, 2.45) is 0 Å². The smallest absolute Gasteiger partial charge is 0.00157 e. The number of benzene rings is 4. The quantitative estimate of drug-likeness (QED) is 0.209. The summed E-state index contributed by atoms with van der Waals surface area (Å²) in [7, 11) is 0. The Kier molecular flexibility index (Phi) is 9.02. The molecule has 0 bridgehead atoms. The molecule has 0 aliphatic heterocycles. The van der Waals surface area contributed by atoms with Gasteiger partial charge in [0.25, 0.3) is 0 Å². The van der Waals surface area contributed by atoms with Gasteiger partial charge in [0.1, 0.15) is 0 Å². The summed E-state index contributed by atoms with van der Waals surface area (Å²) in [4.78, 5) is 0. The van der Waals surface area contributed by atoms with Gasteiger partial charge < -0.3 is 0 Å².